The van der Waals surface area contributed by atoms with Crippen molar-refractivity contribution in [2.45, 2.75) is 38.2 Å². The number of aryl methyl sites for hydroxylation is 1. The topological polar surface area (TPSA) is 29.5 Å². The first kappa shape index (κ1) is 11.6. The predicted molar refractivity (Wildman–Crippen MR) is 64.5 cm³/mol. The van der Waals surface area contributed by atoms with Gasteiger partial charge in [0.25, 0.3) is 0 Å². The third kappa shape index (κ3) is 3.06. The smallest absolute Gasteiger partial charge is 0.0710 e. The van der Waals surface area contributed by atoms with Crippen molar-refractivity contribution in [3.63, 3.8) is 0 Å². The Bertz CT molecular complexity index is 321. The zero-order chi connectivity index (χ0) is 11.4. The molecule has 1 heterocycles. The van der Waals surface area contributed by atoms with Crippen LogP contribution in [0.2, 0.25) is 0 Å². The Labute approximate surface area is 97.3 Å². The quantitative estimate of drug-likeness (QED) is 0.829. The summed E-state index contributed by atoms with van der Waals surface area (Å²) in [6.07, 6.45) is 3.31. The Morgan fingerprint density at radius 2 is 1.94 bits per heavy atom. The van der Waals surface area contributed by atoms with Crippen LogP contribution in [0.25, 0.3) is 0 Å². The maximum atomic E-state index is 10.5. The number of hydrogen-bond donors (Lipinski definition) is 1. The van der Waals surface area contributed by atoms with E-state index in [1.54, 1.807) is 0 Å². The van der Waals surface area contributed by atoms with E-state index in [1.165, 1.54) is 11.1 Å². The summed E-state index contributed by atoms with van der Waals surface area (Å²) in [6.45, 7) is 3.55. The van der Waals surface area contributed by atoms with Crippen LogP contribution in [-0.4, -0.2) is 23.9 Å². The molecule has 1 aromatic rings. The predicted octanol–water partition coefficient (Wildman–Crippen LogP) is 2.47. The molecular formula is C14H20O2. The van der Waals surface area contributed by atoms with E-state index in [2.05, 4.69) is 31.2 Å². The summed E-state index contributed by atoms with van der Waals surface area (Å²) in [5.41, 5.74) is 1.92. The monoisotopic (exact) mass is 220 g/mol. The van der Waals surface area contributed by atoms with Gasteiger partial charge in [0.2, 0.25) is 0 Å². The maximum absolute atomic E-state index is 10.5. The van der Waals surface area contributed by atoms with Crippen molar-refractivity contribution in [2.24, 2.45) is 0 Å². The van der Waals surface area contributed by atoms with Crippen LogP contribution in [0.4, 0.5) is 0 Å². The number of rotatable bonds is 2. The van der Waals surface area contributed by atoms with E-state index in [0.717, 1.165) is 32.3 Å². The van der Waals surface area contributed by atoms with Gasteiger partial charge in [0.05, 0.1) is 5.60 Å². The Morgan fingerprint density at radius 3 is 2.69 bits per heavy atom. The summed E-state index contributed by atoms with van der Waals surface area (Å²) in [7, 11) is 0. The van der Waals surface area contributed by atoms with Gasteiger partial charge in [0.15, 0.2) is 0 Å². The Hall–Kier alpha value is -0.860. The molecule has 0 aliphatic carbocycles. The van der Waals surface area contributed by atoms with Crippen LogP contribution in [0.3, 0.4) is 0 Å². The summed E-state index contributed by atoms with van der Waals surface area (Å²) >= 11 is 0. The SMILES string of the molecule is Cc1ccc(CC2(O)CCCOCC2)cc1. The Kier molecular flexibility index (Phi) is 3.62. The van der Waals surface area contributed by atoms with Crippen molar-refractivity contribution < 1.29 is 9.84 Å². The number of ether oxygens (including phenoxy) is 1. The molecule has 0 radical (unpaired) electrons. The molecule has 1 aliphatic rings. The first-order valence-corrected chi connectivity index (χ1v) is 6.04. The van der Waals surface area contributed by atoms with E-state index < -0.39 is 5.60 Å². The van der Waals surface area contributed by atoms with Crippen LogP contribution in [0.5, 0.6) is 0 Å². The Morgan fingerprint density at radius 1 is 1.19 bits per heavy atom. The molecule has 0 bridgehead atoms. The van der Waals surface area contributed by atoms with Crippen molar-refractivity contribution in [3.05, 3.63) is 35.4 Å². The van der Waals surface area contributed by atoms with Gasteiger partial charge >= 0.3 is 0 Å². The molecular weight excluding hydrogens is 200 g/mol. The molecule has 0 amide bonds. The average Bonchev–Trinajstić information content (AvgIpc) is 2.47. The van der Waals surface area contributed by atoms with Crippen molar-refractivity contribution in [1.82, 2.24) is 0 Å². The molecule has 1 fully saturated rings. The van der Waals surface area contributed by atoms with E-state index in [1.807, 2.05) is 0 Å². The van der Waals surface area contributed by atoms with Crippen LogP contribution >= 0.6 is 0 Å². The first-order chi connectivity index (χ1) is 7.68. The van der Waals surface area contributed by atoms with Gasteiger partial charge in [-0.1, -0.05) is 29.8 Å². The Balaban J connectivity index is 2.04. The van der Waals surface area contributed by atoms with E-state index >= 15 is 0 Å². The molecule has 2 nitrogen and oxygen atoms in total. The molecule has 1 N–H and O–H groups in total. The first-order valence-electron chi connectivity index (χ1n) is 6.04. The molecule has 88 valence electrons. The van der Waals surface area contributed by atoms with Gasteiger partial charge in [-0.3, -0.25) is 0 Å². The fourth-order valence-electron chi connectivity index (χ4n) is 2.26. The van der Waals surface area contributed by atoms with Gasteiger partial charge in [-0.05, 0) is 31.7 Å². The lowest BCUT2D eigenvalue weighted by atomic mass is 9.87. The number of benzene rings is 1. The fourth-order valence-corrected chi connectivity index (χ4v) is 2.26. The fraction of sp³-hybridized carbons (Fsp3) is 0.571. The zero-order valence-corrected chi connectivity index (χ0v) is 9.91. The summed E-state index contributed by atoms with van der Waals surface area (Å²) < 4.78 is 5.39. The maximum Gasteiger partial charge on any atom is 0.0710 e. The third-order valence-corrected chi connectivity index (χ3v) is 3.30. The lowest BCUT2D eigenvalue weighted by molar-refractivity contribution is 0.0189. The van der Waals surface area contributed by atoms with Crippen LogP contribution in [-0.2, 0) is 11.2 Å². The largest absolute Gasteiger partial charge is 0.389 e. The van der Waals surface area contributed by atoms with Crippen molar-refractivity contribution in [1.29, 1.82) is 0 Å². The van der Waals surface area contributed by atoms with Gasteiger partial charge < -0.3 is 9.84 Å². The molecule has 2 heteroatoms. The lowest BCUT2D eigenvalue weighted by Gasteiger charge is -2.26. The van der Waals surface area contributed by atoms with Gasteiger partial charge in [-0.25, -0.2) is 0 Å². The summed E-state index contributed by atoms with van der Waals surface area (Å²) in [4.78, 5) is 0. The van der Waals surface area contributed by atoms with Crippen molar-refractivity contribution in [2.75, 3.05) is 13.2 Å². The second-order valence-electron chi connectivity index (χ2n) is 4.85. The zero-order valence-electron chi connectivity index (χ0n) is 9.91. The molecule has 0 aromatic heterocycles. The normalized spacial score (nSPS) is 26.4. The summed E-state index contributed by atoms with van der Waals surface area (Å²) in [5, 5.41) is 10.5. The third-order valence-electron chi connectivity index (χ3n) is 3.30. The van der Waals surface area contributed by atoms with Crippen LogP contribution in [0.15, 0.2) is 24.3 Å². The molecule has 16 heavy (non-hydrogen) atoms. The highest BCUT2D eigenvalue weighted by Crippen LogP contribution is 2.25. The summed E-state index contributed by atoms with van der Waals surface area (Å²) in [6, 6.07) is 8.43. The second-order valence-corrected chi connectivity index (χ2v) is 4.85. The van der Waals surface area contributed by atoms with Gasteiger partial charge in [0.1, 0.15) is 0 Å². The van der Waals surface area contributed by atoms with Gasteiger partial charge in [0, 0.05) is 19.6 Å². The highest BCUT2D eigenvalue weighted by atomic mass is 16.5. The standard InChI is InChI=1S/C14H20O2/c1-12-3-5-13(6-4-12)11-14(15)7-2-9-16-10-8-14/h3-6,15H,2,7-11H2,1H3. The van der Waals surface area contributed by atoms with Gasteiger partial charge in [-0.2, -0.15) is 0 Å². The van der Waals surface area contributed by atoms with Crippen LogP contribution in [0.1, 0.15) is 30.4 Å². The van der Waals surface area contributed by atoms with Crippen LogP contribution < -0.4 is 0 Å². The minimum Gasteiger partial charge on any atom is -0.389 e. The number of hydrogen-bond acceptors (Lipinski definition) is 2. The molecule has 1 aromatic carbocycles. The molecule has 2 rings (SSSR count). The molecule has 0 spiro atoms. The lowest BCUT2D eigenvalue weighted by Crippen LogP contribution is -2.31. The minimum atomic E-state index is -0.564. The van der Waals surface area contributed by atoms with E-state index in [-0.39, 0.29) is 0 Å². The van der Waals surface area contributed by atoms with Gasteiger partial charge in [-0.15, -0.1) is 0 Å². The molecule has 1 saturated heterocycles. The van der Waals surface area contributed by atoms with Crippen molar-refractivity contribution in [3.8, 4) is 0 Å². The highest BCUT2D eigenvalue weighted by molar-refractivity contribution is 5.22. The molecule has 1 atom stereocenters. The molecule has 1 unspecified atom stereocenters. The number of aliphatic hydroxyl groups is 1. The van der Waals surface area contributed by atoms with Crippen LogP contribution in [0, 0.1) is 6.92 Å². The minimum absolute atomic E-state index is 0.564. The van der Waals surface area contributed by atoms with E-state index in [4.69, 9.17) is 4.74 Å². The molecule has 1 aliphatic heterocycles. The summed E-state index contributed by atoms with van der Waals surface area (Å²) in [5.74, 6) is 0. The average molecular weight is 220 g/mol. The van der Waals surface area contributed by atoms with Crippen molar-refractivity contribution >= 4 is 0 Å². The van der Waals surface area contributed by atoms with E-state index in [9.17, 15) is 5.11 Å². The second kappa shape index (κ2) is 4.98. The molecule has 0 saturated carbocycles. The highest BCUT2D eigenvalue weighted by Gasteiger charge is 2.28. The van der Waals surface area contributed by atoms with E-state index in [0.29, 0.717) is 6.61 Å².